The lowest BCUT2D eigenvalue weighted by Crippen LogP contribution is -2.29. The van der Waals surface area contributed by atoms with E-state index < -0.39 is 28.4 Å². The largest absolute Gasteiger partial charge is 0.507 e. The van der Waals surface area contributed by atoms with Crippen molar-refractivity contribution in [2.45, 2.75) is 12.6 Å². The van der Waals surface area contributed by atoms with Crippen LogP contribution in [0.4, 0.5) is 11.4 Å². The van der Waals surface area contributed by atoms with Crippen molar-refractivity contribution in [2.24, 2.45) is 0 Å². The Hall–Kier alpha value is -5.31. The van der Waals surface area contributed by atoms with Crippen LogP contribution in [0.3, 0.4) is 0 Å². The van der Waals surface area contributed by atoms with Gasteiger partial charge in [0.1, 0.15) is 18.1 Å². The molecular formula is C29H21N3O6. The Balaban J connectivity index is 1.53. The minimum atomic E-state index is -1.00. The molecule has 0 radical (unpaired) electrons. The summed E-state index contributed by atoms with van der Waals surface area (Å²) in [5.74, 6) is -1.69. The summed E-state index contributed by atoms with van der Waals surface area (Å²) in [7, 11) is 0. The summed E-state index contributed by atoms with van der Waals surface area (Å²) >= 11 is 0. The van der Waals surface area contributed by atoms with E-state index in [0.717, 1.165) is 11.6 Å². The number of amides is 1. The Kier molecular flexibility index (Phi) is 6.65. The molecule has 0 bridgehead atoms. The van der Waals surface area contributed by atoms with Gasteiger partial charge in [0.25, 0.3) is 17.4 Å². The van der Waals surface area contributed by atoms with Crippen LogP contribution in [-0.4, -0.2) is 26.7 Å². The van der Waals surface area contributed by atoms with Crippen molar-refractivity contribution in [1.82, 2.24) is 4.98 Å². The van der Waals surface area contributed by atoms with Gasteiger partial charge in [0.15, 0.2) is 0 Å². The van der Waals surface area contributed by atoms with Crippen LogP contribution in [0, 0.1) is 10.1 Å². The van der Waals surface area contributed by atoms with Gasteiger partial charge in [0, 0.05) is 35.8 Å². The number of ketones is 1. The van der Waals surface area contributed by atoms with Crippen molar-refractivity contribution in [3.63, 3.8) is 0 Å². The van der Waals surface area contributed by atoms with Gasteiger partial charge in [-0.15, -0.1) is 0 Å². The lowest BCUT2D eigenvalue weighted by molar-refractivity contribution is -0.384. The summed E-state index contributed by atoms with van der Waals surface area (Å²) in [6, 6.07) is 24.0. The second-order valence-corrected chi connectivity index (χ2v) is 8.53. The standard InChI is InChI=1S/C29H21N3O6/c33-27(20-8-4-10-23(16-20)32(36)37)25-26(21-9-5-15-30-17-21)31(29(35)28(25)34)22-11-13-24(14-12-22)38-18-19-6-2-1-3-7-19/h1-17,26,33H,18H2/b27-25-. The first-order chi connectivity index (χ1) is 18.4. The van der Waals surface area contributed by atoms with Crippen molar-refractivity contribution in [2.75, 3.05) is 4.90 Å². The molecule has 9 heteroatoms. The van der Waals surface area contributed by atoms with E-state index in [1.165, 1.54) is 29.3 Å². The molecule has 1 aliphatic rings. The highest BCUT2D eigenvalue weighted by Crippen LogP contribution is 2.42. The summed E-state index contributed by atoms with van der Waals surface area (Å²) < 4.78 is 5.83. The average Bonchev–Trinajstić information content (AvgIpc) is 3.23. The van der Waals surface area contributed by atoms with Crippen molar-refractivity contribution in [3.8, 4) is 5.75 Å². The SMILES string of the molecule is O=C1C(=O)N(c2ccc(OCc3ccccc3)cc2)C(c2cccnc2)/C1=C(/O)c1cccc([N+](=O)[O-])c1. The first kappa shape index (κ1) is 24.4. The van der Waals surface area contributed by atoms with Crippen LogP contribution in [0.1, 0.15) is 22.7 Å². The van der Waals surface area contributed by atoms with Gasteiger partial charge in [-0.05, 0) is 41.5 Å². The molecule has 1 aromatic heterocycles. The normalized spacial score (nSPS) is 16.4. The molecule has 1 aliphatic heterocycles. The number of aliphatic hydroxyl groups is 1. The molecule has 1 N–H and O–H groups in total. The third kappa shape index (κ3) is 4.72. The third-order valence-electron chi connectivity index (χ3n) is 6.14. The first-order valence-electron chi connectivity index (χ1n) is 11.7. The highest BCUT2D eigenvalue weighted by molar-refractivity contribution is 6.51. The predicted molar refractivity (Wildman–Crippen MR) is 139 cm³/mol. The summed E-state index contributed by atoms with van der Waals surface area (Å²) in [5.41, 5.74) is 1.50. The second kappa shape index (κ2) is 10.4. The van der Waals surface area contributed by atoms with Crippen LogP contribution < -0.4 is 9.64 Å². The molecule has 188 valence electrons. The van der Waals surface area contributed by atoms with Crippen LogP contribution in [-0.2, 0) is 16.2 Å². The van der Waals surface area contributed by atoms with Gasteiger partial charge < -0.3 is 9.84 Å². The molecule has 1 amide bonds. The molecule has 5 rings (SSSR count). The fourth-order valence-electron chi connectivity index (χ4n) is 4.32. The third-order valence-corrected chi connectivity index (χ3v) is 6.14. The molecule has 0 spiro atoms. The van der Waals surface area contributed by atoms with Crippen LogP contribution in [0.2, 0.25) is 0 Å². The van der Waals surface area contributed by atoms with Gasteiger partial charge in [-0.1, -0.05) is 48.5 Å². The van der Waals surface area contributed by atoms with E-state index in [0.29, 0.717) is 23.6 Å². The number of rotatable bonds is 7. The van der Waals surface area contributed by atoms with E-state index in [-0.39, 0.29) is 16.8 Å². The van der Waals surface area contributed by atoms with E-state index in [4.69, 9.17) is 4.74 Å². The summed E-state index contributed by atoms with van der Waals surface area (Å²) in [4.78, 5) is 42.6. The fraction of sp³-hybridized carbons (Fsp3) is 0.0690. The minimum absolute atomic E-state index is 0.0516. The molecule has 4 aromatic rings. The van der Waals surface area contributed by atoms with Crippen molar-refractivity contribution in [3.05, 3.63) is 136 Å². The molecule has 9 nitrogen and oxygen atoms in total. The summed E-state index contributed by atoms with van der Waals surface area (Å²) in [5, 5.41) is 22.4. The van der Waals surface area contributed by atoms with E-state index in [9.17, 15) is 24.8 Å². The fourth-order valence-corrected chi connectivity index (χ4v) is 4.32. The lowest BCUT2D eigenvalue weighted by atomic mass is 9.96. The van der Waals surface area contributed by atoms with Gasteiger partial charge in [0.05, 0.1) is 16.5 Å². The Morgan fingerprint density at radius 2 is 1.74 bits per heavy atom. The number of aromatic nitrogens is 1. The number of nitrogens with zero attached hydrogens (tertiary/aromatic N) is 3. The second-order valence-electron chi connectivity index (χ2n) is 8.53. The van der Waals surface area contributed by atoms with Gasteiger partial charge in [-0.3, -0.25) is 29.6 Å². The van der Waals surface area contributed by atoms with E-state index >= 15 is 0 Å². The van der Waals surface area contributed by atoms with Crippen molar-refractivity contribution in [1.29, 1.82) is 0 Å². The topological polar surface area (TPSA) is 123 Å². The van der Waals surface area contributed by atoms with Crippen LogP contribution in [0.15, 0.2) is 109 Å². The Bertz CT molecular complexity index is 1540. The average molecular weight is 508 g/mol. The summed E-state index contributed by atoms with van der Waals surface area (Å²) in [6.45, 7) is 0.365. The number of Topliss-reactive ketones (excluding diaryl/α,β-unsaturated/α-hetero) is 1. The number of carbonyl (C=O) groups excluding carboxylic acids is 2. The minimum Gasteiger partial charge on any atom is -0.507 e. The quantitative estimate of drug-likeness (QED) is 0.120. The number of carbonyl (C=O) groups is 2. The number of non-ortho nitro benzene ring substituents is 1. The number of anilines is 1. The number of pyridine rings is 1. The molecule has 1 atom stereocenters. The van der Waals surface area contributed by atoms with Gasteiger partial charge in [0.2, 0.25) is 0 Å². The number of benzene rings is 3. The number of aliphatic hydroxyl groups excluding tert-OH is 1. The van der Waals surface area contributed by atoms with Gasteiger partial charge in [-0.2, -0.15) is 0 Å². The molecule has 0 aliphatic carbocycles. The maximum absolute atomic E-state index is 13.3. The molecule has 1 saturated heterocycles. The maximum Gasteiger partial charge on any atom is 0.300 e. The molecule has 38 heavy (non-hydrogen) atoms. The van der Waals surface area contributed by atoms with Crippen LogP contribution >= 0.6 is 0 Å². The van der Waals surface area contributed by atoms with E-state index in [2.05, 4.69) is 4.98 Å². The van der Waals surface area contributed by atoms with E-state index in [1.54, 1.807) is 42.6 Å². The number of nitro benzene ring substituents is 1. The number of ether oxygens (including phenoxy) is 1. The smallest absolute Gasteiger partial charge is 0.300 e. The number of nitro groups is 1. The molecule has 2 heterocycles. The molecule has 0 saturated carbocycles. The Labute approximate surface area is 217 Å². The van der Waals surface area contributed by atoms with Crippen molar-refractivity contribution < 1.29 is 24.4 Å². The molecule has 3 aromatic carbocycles. The molecular weight excluding hydrogens is 486 g/mol. The monoisotopic (exact) mass is 507 g/mol. The Morgan fingerprint density at radius 1 is 0.974 bits per heavy atom. The first-order valence-corrected chi connectivity index (χ1v) is 11.7. The number of hydrogen-bond acceptors (Lipinski definition) is 7. The molecule has 1 fully saturated rings. The van der Waals surface area contributed by atoms with Crippen LogP contribution in [0.5, 0.6) is 5.75 Å². The van der Waals surface area contributed by atoms with E-state index in [1.807, 2.05) is 30.3 Å². The predicted octanol–water partition coefficient (Wildman–Crippen LogP) is 5.20. The number of hydrogen-bond donors (Lipinski definition) is 1. The van der Waals surface area contributed by atoms with Gasteiger partial charge in [-0.25, -0.2) is 0 Å². The zero-order chi connectivity index (χ0) is 26.6. The lowest BCUT2D eigenvalue weighted by Gasteiger charge is -2.25. The maximum atomic E-state index is 13.3. The van der Waals surface area contributed by atoms with Crippen molar-refractivity contribution >= 4 is 28.8 Å². The van der Waals surface area contributed by atoms with Crippen LogP contribution in [0.25, 0.3) is 5.76 Å². The highest BCUT2D eigenvalue weighted by Gasteiger charge is 2.47. The van der Waals surface area contributed by atoms with Gasteiger partial charge >= 0.3 is 0 Å². The Morgan fingerprint density at radius 3 is 2.42 bits per heavy atom. The zero-order valence-corrected chi connectivity index (χ0v) is 19.9. The summed E-state index contributed by atoms with van der Waals surface area (Å²) in [6.07, 6.45) is 3.05. The molecule has 1 unspecified atom stereocenters. The zero-order valence-electron chi connectivity index (χ0n) is 19.9. The highest BCUT2D eigenvalue weighted by atomic mass is 16.6.